The van der Waals surface area contributed by atoms with Crippen LogP contribution in [0, 0.1) is 11.8 Å². The largest absolute Gasteiger partial charge is 0.290 e. The molecule has 9 heteroatoms. The lowest BCUT2D eigenvalue weighted by molar-refractivity contribution is 0.0848. The third-order valence-electron chi connectivity index (χ3n) is 7.10. The van der Waals surface area contributed by atoms with E-state index in [1.165, 1.54) is 32.1 Å². The SMILES string of the molecule is CCCCCC1CCCC(C(=O)c2ncn(Cc3ccc(-c4cccnc4-c4nn[nH]n4)cc3)n2)C1. The number of nitrogens with one attached hydrogen (secondary N) is 1. The molecule has 4 aromatic rings. The van der Waals surface area contributed by atoms with Crippen molar-refractivity contribution in [2.24, 2.45) is 11.8 Å². The molecule has 0 amide bonds. The van der Waals surface area contributed by atoms with E-state index >= 15 is 0 Å². The minimum Gasteiger partial charge on any atom is -0.290 e. The Balaban J connectivity index is 1.23. The molecule has 3 heterocycles. The molecule has 186 valence electrons. The normalized spacial score (nSPS) is 17.8. The van der Waals surface area contributed by atoms with Gasteiger partial charge in [-0.15, -0.1) is 15.3 Å². The van der Waals surface area contributed by atoms with Crippen molar-refractivity contribution in [1.82, 2.24) is 40.4 Å². The molecule has 0 saturated heterocycles. The second-order valence-electron chi connectivity index (χ2n) is 9.69. The number of carbonyl (C=O) groups excluding carboxylic acids is 1. The second kappa shape index (κ2) is 11.3. The van der Waals surface area contributed by atoms with Gasteiger partial charge in [-0.25, -0.2) is 9.67 Å². The van der Waals surface area contributed by atoms with E-state index < -0.39 is 0 Å². The molecule has 1 aromatic carbocycles. The van der Waals surface area contributed by atoms with Crippen LogP contribution >= 0.6 is 0 Å². The molecule has 1 N–H and O–H groups in total. The minimum atomic E-state index is 0.0633. The van der Waals surface area contributed by atoms with Gasteiger partial charge in [0.25, 0.3) is 0 Å². The van der Waals surface area contributed by atoms with E-state index in [1.807, 2.05) is 36.4 Å². The van der Waals surface area contributed by atoms with Gasteiger partial charge in [0.15, 0.2) is 0 Å². The molecule has 2 atom stereocenters. The number of nitrogens with zero attached hydrogens (tertiary/aromatic N) is 7. The fourth-order valence-electron chi connectivity index (χ4n) is 5.20. The highest BCUT2D eigenvalue weighted by atomic mass is 16.1. The fourth-order valence-corrected chi connectivity index (χ4v) is 5.20. The molecule has 0 aliphatic heterocycles. The first kappa shape index (κ1) is 24.0. The number of ketones is 1. The van der Waals surface area contributed by atoms with E-state index in [9.17, 15) is 4.79 Å². The Morgan fingerprint density at radius 2 is 2.00 bits per heavy atom. The van der Waals surface area contributed by atoms with E-state index in [2.05, 4.69) is 42.6 Å². The van der Waals surface area contributed by atoms with Crippen LogP contribution in [0.4, 0.5) is 0 Å². The molecule has 1 aliphatic carbocycles. The monoisotopic (exact) mass is 484 g/mol. The summed E-state index contributed by atoms with van der Waals surface area (Å²) in [6, 6.07) is 12.1. The maximum absolute atomic E-state index is 13.1. The van der Waals surface area contributed by atoms with Crippen molar-refractivity contribution in [2.45, 2.75) is 64.8 Å². The standard InChI is InChI=1S/C27H32N8O/c1-2-3-4-7-19-8-5-9-22(16-19)25(36)27-29-18-35(32-27)17-20-11-13-21(14-12-20)23-10-6-15-28-24(23)26-30-33-34-31-26/h6,10-15,18-19,22H,2-5,7-9,16-17H2,1H3,(H,30,31,33,34). The highest BCUT2D eigenvalue weighted by Gasteiger charge is 2.29. The van der Waals surface area contributed by atoms with Gasteiger partial charge in [-0.05, 0) is 41.2 Å². The van der Waals surface area contributed by atoms with Crippen LogP contribution in [0.2, 0.25) is 0 Å². The molecule has 1 saturated carbocycles. The van der Waals surface area contributed by atoms with E-state index in [-0.39, 0.29) is 11.7 Å². The lowest BCUT2D eigenvalue weighted by atomic mass is 9.77. The van der Waals surface area contributed by atoms with Crippen molar-refractivity contribution in [3.8, 4) is 22.6 Å². The molecule has 36 heavy (non-hydrogen) atoms. The molecular weight excluding hydrogens is 452 g/mol. The number of H-pyrrole nitrogens is 1. The number of benzene rings is 1. The van der Waals surface area contributed by atoms with Crippen molar-refractivity contribution in [2.75, 3.05) is 0 Å². The molecule has 5 rings (SSSR count). The van der Waals surface area contributed by atoms with Gasteiger partial charge in [0.05, 0.1) is 6.54 Å². The third-order valence-corrected chi connectivity index (χ3v) is 7.10. The zero-order chi connectivity index (χ0) is 24.7. The predicted octanol–water partition coefficient (Wildman–Crippen LogP) is 5.14. The molecule has 2 unspecified atom stereocenters. The lowest BCUT2D eigenvalue weighted by Crippen LogP contribution is -2.24. The van der Waals surface area contributed by atoms with Crippen LogP contribution in [0.25, 0.3) is 22.6 Å². The molecule has 1 fully saturated rings. The first-order chi connectivity index (χ1) is 17.7. The van der Waals surface area contributed by atoms with E-state index in [4.69, 9.17) is 0 Å². The van der Waals surface area contributed by atoms with Gasteiger partial charge in [-0.2, -0.15) is 5.21 Å². The molecule has 9 nitrogen and oxygen atoms in total. The smallest absolute Gasteiger partial charge is 0.223 e. The van der Waals surface area contributed by atoms with Crippen LogP contribution in [0.5, 0.6) is 0 Å². The first-order valence-corrected chi connectivity index (χ1v) is 12.9. The number of carbonyl (C=O) groups is 1. The quantitative estimate of drug-likeness (QED) is 0.245. The van der Waals surface area contributed by atoms with Crippen LogP contribution in [0.15, 0.2) is 48.9 Å². The van der Waals surface area contributed by atoms with Gasteiger partial charge in [-0.3, -0.25) is 9.78 Å². The molecule has 0 radical (unpaired) electrons. The minimum absolute atomic E-state index is 0.0633. The Morgan fingerprint density at radius 3 is 2.81 bits per heavy atom. The predicted molar refractivity (Wildman–Crippen MR) is 136 cm³/mol. The van der Waals surface area contributed by atoms with Crippen LogP contribution in [-0.4, -0.2) is 46.2 Å². The maximum Gasteiger partial charge on any atom is 0.223 e. The van der Waals surface area contributed by atoms with Crippen LogP contribution in [0.3, 0.4) is 0 Å². The average Bonchev–Trinajstić information content (AvgIpc) is 3.62. The van der Waals surface area contributed by atoms with E-state index in [0.717, 1.165) is 36.0 Å². The number of hydrogen-bond donors (Lipinski definition) is 1. The summed E-state index contributed by atoms with van der Waals surface area (Å²) < 4.78 is 1.75. The maximum atomic E-state index is 13.1. The number of tetrazole rings is 1. The number of pyridine rings is 1. The fraction of sp³-hybridized carbons (Fsp3) is 0.444. The highest BCUT2D eigenvalue weighted by molar-refractivity contribution is 5.94. The van der Waals surface area contributed by atoms with E-state index in [0.29, 0.717) is 29.8 Å². The third kappa shape index (κ3) is 5.56. The van der Waals surface area contributed by atoms with Crippen LogP contribution in [0.1, 0.15) is 74.5 Å². The number of aromatic amines is 1. The summed E-state index contributed by atoms with van der Waals surface area (Å²) in [6.45, 7) is 2.79. The number of hydrogen-bond acceptors (Lipinski definition) is 7. The van der Waals surface area contributed by atoms with E-state index in [1.54, 1.807) is 17.2 Å². The Kier molecular flexibility index (Phi) is 7.54. The Bertz CT molecular complexity index is 1270. The number of aromatic nitrogens is 8. The van der Waals surface area contributed by atoms with Crippen molar-refractivity contribution in [3.63, 3.8) is 0 Å². The van der Waals surface area contributed by atoms with Gasteiger partial charge >= 0.3 is 0 Å². The van der Waals surface area contributed by atoms with Gasteiger partial charge in [0.2, 0.25) is 17.4 Å². The summed E-state index contributed by atoms with van der Waals surface area (Å²) in [6.07, 6.45) is 12.7. The van der Waals surface area contributed by atoms with Gasteiger partial charge in [-0.1, -0.05) is 75.8 Å². The summed E-state index contributed by atoms with van der Waals surface area (Å²) in [5.74, 6) is 1.65. The average molecular weight is 485 g/mol. The van der Waals surface area contributed by atoms with Crippen LogP contribution in [-0.2, 0) is 6.54 Å². The number of rotatable bonds is 10. The molecule has 1 aliphatic rings. The highest BCUT2D eigenvalue weighted by Crippen LogP contribution is 2.34. The van der Waals surface area contributed by atoms with Crippen molar-refractivity contribution < 1.29 is 4.79 Å². The summed E-state index contributed by atoms with van der Waals surface area (Å²) in [5, 5.41) is 18.8. The summed E-state index contributed by atoms with van der Waals surface area (Å²) in [4.78, 5) is 21.9. The zero-order valence-electron chi connectivity index (χ0n) is 20.7. The van der Waals surface area contributed by atoms with Crippen molar-refractivity contribution in [3.05, 3.63) is 60.3 Å². The number of unbranched alkanes of at least 4 members (excludes halogenated alkanes) is 2. The Labute approximate surface area is 210 Å². The summed E-state index contributed by atoms with van der Waals surface area (Å²) >= 11 is 0. The first-order valence-electron chi connectivity index (χ1n) is 12.9. The van der Waals surface area contributed by atoms with Gasteiger partial charge in [0.1, 0.15) is 12.0 Å². The summed E-state index contributed by atoms with van der Waals surface area (Å²) in [5.41, 5.74) is 3.68. The summed E-state index contributed by atoms with van der Waals surface area (Å²) in [7, 11) is 0. The van der Waals surface area contributed by atoms with Crippen LogP contribution < -0.4 is 0 Å². The van der Waals surface area contributed by atoms with Crippen molar-refractivity contribution in [1.29, 1.82) is 0 Å². The Hall–Kier alpha value is -3.75. The van der Waals surface area contributed by atoms with Gasteiger partial charge < -0.3 is 0 Å². The molecule has 0 spiro atoms. The van der Waals surface area contributed by atoms with Gasteiger partial charge in [0, 0.05) is 17.7 Å². The second-order valence-corrected chi connectivity index (χ2v) is 9.69. The topological polar surface area (TPSA) is 115 Å². The zero-order valence-corrected chi connectivity index (χ0v) is 20.7. The molecule has 0 bridgehead atoms. The van der Waals surface area contributed by atoms with Crippen molar-refractivity contribution >= 4 is 5.78 Å². The Morgan fingerprint density at radius 1 is 1.11 bits per heavy atom. The number of Topliss-reactive ketones (excluding diaryl/α,β-unsaturated/α-hetero) is 1. The lowest BCUT2D eigenvalue weighted by Gasteiger charge is -2.27. The molecular formula is C27H32N8O. The molecule has 3 aromatic heterocycles.